The molecule has 0 radical (unpaired) electrons. The number of aromatic nitrogens is 2. The standard InChI is InChI=1S/C18H25F2N5O2.HI/c1-5-21-17(23-11-15-24-16(27-25-15)18(2,3)4)22-8-9-26-14-7-6-12(19)10-13(14)20;/h6-7,10H,5,8-9,11H2,1-4H3,(H2,21,22,23);1H. The number of benzene rings is 1. The maximum Gasteiger partial charge on any atom is 0.232 e. The molecule has 7 nitrogen and oxygen atoms in total. The number of nitrogens with one attached hydrogen (secondary N) is 2. The van der Waals surface area contributed by atoms with Gasteiger partial charge in [0.15, 0.2) is 23.4 Å². The van der Waals surface area contributed by atoms with Crippen LogP contribution in [0.5, 0.6) is 5.75 Å². The minimum absolute atomic E-state index is 0. The van der Waals surface area contributed by atoms with E-state index in [4.69, 9.17) is 9.26 Å². The average Bonchev–Trinajstić information content (AvgIpc) is 3.07. The van der Waals surface area contributed by atoms with Crippen LogP contribution >= 0.6 is 24.0 Å². The van der Waals surface area contributed by atoms with Crippen molar-refractivity contribution >= 4 is 29.9 Å². The van der Waals surface area contributed by atoms with Gasteiger partial charge < -0.3 is 19.9 Å². The summed E-state index contributed by atoms with van der Waals surface area (Å²) in [7, 11) is 0. The molecule has 0 atom stereocenters. The largest absolute Gasteiger partial charge is 0.489 e. The highest BCUT2D eigenvalue weighted by atomic mass is 127. The number of hydrogen-bond donors (Lipinski definition) is 2. The van der Waals surface area contributed by atoms with E-state index in [9.17, 15) is 8.78 Å². The van der Waals surface area contributed by atoms with Gasteiger partial charge in [0.2, 0.25) is 5.89 Å². The summed E-state index contributed by atoms with van der Waals surface area (Å²) in [4.78, 5) is 8.71. The molecule has 0 unspecified atom stereocenters. The van der Waals surface area contributed by atoms with Crippen molar-refractivity contribution in [2.75, 3.05) is 19.7 Å². The molecule has 0 amide bonds. The Labute approximate surface area is 180 Å². The summed E-state index contributed by atoms with van der Waals surface area (Å²) >= 11 is 0. The highest BCUT2D eigenvalue weighted by Gasteiger charge is 2.21. The van der Waals surface area contributed by atoms with Crippen molar-refractivity contribution in [3.8, 4) is 5.75 Å². The fraction of sp³-hybridized carbons (Fsp3) is 0.500. The first kappa shape index (κ1) is 24.1. The number of halogens is 3. The smallest absolute Gasteiger partial charge is 0.232 e. The van der Waals surface area contributed by atoms with E-state index >= 15 is 0 Å². The molecule has 0 aliphatic carbocycles. The summed E-state index contributed by atoms with van der Waals surface area (Å²) < 4.78 is 36.9. The molecular weight excluding hydrogens is 483 g/mol. The van der Waals surface area contributed by atoms with Gasteiger partial charge in [-0.25, -0.2) is 13.8 Å². The molecule has 156 valence electrons. The molecule has 0 spiro atoms. The van der Waals surface area contributed by atoms with Crippen LogP contribution in [-0.4, -0.2) is 35.8 Å². The summed E-state index contributed by atoms with van der Waals surface area (Å²) in [6.07, 6.45) is 0. The lowest BCUT2D eigenvalue weighted by Gasteiger charge is -2.12. The Morgan fingerprint density at radius 2 is 2.00 bits per heavy atom. The fourth-order valence-electron chi connectivity index (χ4n) is 2.04. The van der Waals surface area contributed by atoms with Crippen molar-refractivity contribution in [3.63, 3.8) is 0 Å². The van der Waals surface area contributed by atoms with E-state index in [0.29, 0.717) is 30.8 Å². The predicted molar refractivity (Wildman–Crippen MR) is 113 cm³/mol. The summed E-state index contributed by atoms with van der Waals surface area (Å²) in [6, 6.07) is 3.19. The number of nitrogens with zero attached hydrogens (tertiary/aromatic N) is 3. The molecule has 2 N–H and O–H groups in total. The Morgan fingerprint density at radius 3 is 2.61 bits per heavy atom. The van der Waals surface area contributed by atoms with Gasteiger partial charge in [0.05, 0.1) is 6.54 Å². The molecule has 2 aromatic rings. The van der Waals surface area contributed by atoms with Crippen LogP contribution in [0.2, 0.25) is 0 Å². The SMILES string of the molecule is CCNC(=NCc1noc(C(C)(C)C)n1)NCCOc1ccc(F)cc1F.I. The third kappa shape index (κ3) is 7.56. The molecule has 0 saturated carbocycles. The lowest BCUT2D eigenvalue weighted by atomic mass is 9.97. The van der Waals surface area contributed by atoms with Crippen molar-refractivity contribution < 1.29 is 18.0 Å². The average molecular weight is 509 g/mol. The van der Waals surface area contributed by atoms with E-state index in [2.05, 4.69) is 25.8 Å². The zero-order chi connectivity index (χ0) is 19.9. The van der Waals surface area contributed by atoms with Crippen LogP contribution in [0.3, 0.4) is 0 Å². The Morgan fingerprint density at radius 1 is 1.25 bits per heavy atom. The summed E-state index contributed by atoms with van der Waals surface area (Å²) in [6.45, 7) is 9.38. The third-order valence-electron chi connectivity index (χ3n) is 3.38. The minimum Gasteiger partial charge on any atom is -0.489 e. The van der Waals surface area contributed by atoms with Crippen LogP contribution < -0.4 is 15.4 Å². The molecule has 0 fully saturated rings. The van der Waals surface area contributed by atoms with Gasteiger partial charge in [-0.1, -0.05) is 25.9 Å². The normalized spacial score (nSPS) is 11.7. The molecule has 1 heterocycles. The quantitative estimate of drug-likeness (QED) is 0.258. The van der Waals surface area contributed by atoms with E-state index in [-0.39, 0.29) is 48.3 Å². The maximum atomic E-state index is 13.5. The van der Waals surface area contributed by atoms with Gasteiger partial charge in [-0.05, 0) is 19.1 Å². The number of aliphatic imine (C=N–C) groups is 1. The van der Waals surface area contributed by atoms with Gasteiger partial charge in [0.25, 0.3) is 0 Å². The van der Waals surface area contributed by atoms with Crippen molar-refractivity contribution in [2.24, 2.45) is 4.99 Å². The van der Waals surface area contributed by atoms with Gasteiger partial charge >= 0.3 is 0 Å². The topological polar surface area (TPSA) is 84.6 Å². The van der Waals surface area contributed by atoms with Crippen molar-refractivity contribution in [3.05, 3.63) is 41.5 Å². The molecule has 28 heavy (non-hydrogen) atoms. The van der Waals surface area contributed by atoms with Gasteiger partial charge in [-0.3, -0.25) is 0 Å². The molecule has 0 bridgehead atoms. The molecule has 0 aliphatic heterocycles. The molecule has 1 aromatic heterocycles. The Balaban J connectivity index is 0.00000392. The molecule has 0 saturated heterocycles. The Kier molecular flexibility index (Phi) is 9.56. The maximum absolute atomic E-state index is 13.5. The molecule has 2 rings (SSSR count). The second kappa shape index (κ2) is 11.1. The number of rotatable bonds is 7. The lowest BCUT2D eigenvalue weighted by Crippen LogP contribution is -2.39. The van der Waals surface area contributed by atoms with Crippen molar-refractivity contribution in [1.82, 2.24) is 20.8 Å². The van der Waals surface area contributed by atoms with Crippen molar-refractivity contribution in [1.29, 1.82) is 0 Å². The van der Waals surface area contributed by atoms with Crippen LogP contribution in [0.25, 0.3) is 0 Å². The Hall–Kier alpha value is -1.98. The zero-order valence-corrected chi connectivity index (χ0v) is 18.7. The van der Waals surface area contributed by atoms with Crippen LogP contribution in [0.1, 0.15) is 39.4 Å². The van der Waals surface area contributed by atoms with E-state index in [1.807, 2.05) is 27.7 Å². The van der Waals surface area contributed by atoms with Crippen LogP contribution in [0.4, 0.5) is 8.78 Å². The predicted octanol–water partition coefficient (Wildman–Crippen LogP) is 3.40. The zero-order valence-electron chi connectivity index (χ0n) is 16.4. The minimum atomic E-state index is -0.734. The fourth-order valence-corrected chi connectivity index (χ4v) is 2.04. The molecular formula is C18H26F2IN5O2. The first-order chi connectivity index (χ1) is 12.8. The van der Waals surface area contributed by atoms with Crippen LogP contribution in [-0.2, 0) is 12.0 Å². The molecule has 0 aliphatic rings. The van der Waals surface area contributed by atoms with Crippen molar-refractivity contribution in [2.45, 2.75) is 39.7 Å². The monoisotopic (exact) mass is 509 g/mol. The van der Waals surface area contributed by atoms with Gasteiger partial charge in [-0.15, -0.1) is 24.0 Å². The van der Waals surface area contributed by atoms with Gasteiger partial charge in [0.1, 0.15) is 19.0 Å². The summed E-state index contributed by atoms with van der Waals surface area (Å²) in [5, 5.41) is 10.1. The second-order valence-corrected chi connectivity index (χ2v) is 6.81. The van der Waals surface area contributed by atoms with E-state index in [0.717, 1.165) is 12.1 Å². The van der Waals surface area contributed by atoms with Gasteiger partial charge in [0, 0.05) is 18.0 Å². The van der Waals surface area contributed by atoms with Crippen LogP contribution in [0.15, 0.2) is 27.7 Å². The van der Waals surface area contributed by atoms with E-state index < -0.39 is 11.6 Å². The van der Waals surface area contributed by atoms with E-state index in [1.54, 1.807) is 0 Å². The third-order valence-corrected chi connectivity index (χ3v) is 3.38. The lowest BCUT2D eigenvalue weighted by molar-refractivity contribution is 0.304. The second-order valence-electron chi connectivity index (χ2n) is 6.81. The van der Waals surface area contributed by atoms with Gasteiger partial charge in [-0.2, -0.15) is 4.98 Å². The van der Waals surface area contributed by atoms with Crippen LogP contribution in [0, 0.1) is 11.6 Å². The molecule has 1 aromatic carbocycles. The summed E-state index contributed by atoms with van der Waals surface area (Å²) in [5.74, 6) is 0.213. The van der Waals surface area contributed by atoms with E-state index in [1.165, 1.54) is 6.07 Å². The number of hydrogen-bond acceptors (Lipinski definition) is 5. The molecule has 10 heteroatoms. The Bertz CT molecular complexity index is 778. The number of guanidine groups is 1. The number of ether oxygens (including phenoxy) is 1. The summed E-state index contributed by atoms with van der Waals surface area (Å²) in [5.41, 5.74) is -0.218. The highest BCUT2D eigenvalue weighted by molar-refractivity contribution is 14.0. The first-order valence-electron chi connectivity index (χ1n) is 8.72. The first-order valence-corrected chi connectivity index (χ1v) is 8.72. The highest BCUT2D eigenvalue weighted by Crippen LogP contribution is 2.19.